The van der Waals surface area contributed by atoms with E-state index < -0.39 is 5.91 Å². The Labute approximate surface area is 168 Å². The topological polar surface area (TPSA) is 95.2 Å². The number of hydrogen-bond acceptors (Lipinski definition) is 4. The zero-order valence-electron chi connectivity index (χ0n) is 16.1. The SMILES string of the molecule is CN(CCCNC(=O)c1nc2ccccc2c(=O)[nH]1)C(=O)C=Cc1ccccc1. The van der Waals surface area contributed by atoms with Crippen molar-refractivity contribution in [3.63, 3.8) is 0 Å². The van der Waals surface area contributed by atoms with Crippen molar-refractivity contribution in [2.75, 3.05) is 20.1 Å². The monoisotopic (exact) mass is 390 g/mol. The molecule has 0 saturated heterocycles. The van der Waals surface area contributed by atoms with Gasteiger partial charge in [0.2, 0.25) is 5.91 Å². The molecule has 0 atom stereocenters. The van der Waals surface area contributed by atoms with Gasteiger partial charge in [0.15, 0.2) is 5.82 Å². The maximum absolute atomic E-state index is 12.2. The van der Waals surface area contributed by atoms with Gasteiger partial charge in [0.1, 0.15) is 0 Å². The van der Waals surface area contributed by atoms with Gasteiger partial charge in [-0.1, -0.05) is 42.5 Å². The van der Waals surface area contributed by atoms with Crippen LogP contribution < -0.4 is 10.9 Å². The summed E-state index contributed by atoms with van der Waals surface area (Å²) in [4.78, 5) is 44.7. The average Bonchev–Trinajstić information content (AvgIpc) is 2.75. The van der Waals surface area contributed by atoms with Crippen molar-refractivity contribution in [1.29, 1.82) is 0 Å². The summed E-state index contributed by atoms with van der Waals surface area (Å²) in [5, 5.41) is 3.15. The number of aromatic nitrogens is 2. The van der Waals surface area contributed by atoms with Crippen molar-refractivity contribution in [1.82, 2.24) is 20.2 Å². The van der Waals surface area contributed by atoms with Crippen molar-refractivity contribution in [3.05, 3.63) is 82.4 Å². The molecule has 7 heteroatoms. The first kappa shape index (κ1) is 20.0. The summed E-state index contributed by atoms with van der Waals surface area (Å²) in [5.41, 5.74) is 1.08. The number of nitrogens with zero attached hydrogens (tertiary/aromatic N) is 2. The van der Waals surface area contributed by atoms with Gasteiger partial charge >= 0.3 is 0 Å². The number of amides is 2. The highest BCUT2D eigenvalue weighted by atomic mass is 16.2. The van der Waals surface area contributed by atoms with Crippen molar-refractivity contribution >= 4 is 28.8 Å². The predicted molar refractivity (Wildman–Crippen MR) is 112 cm³/mol. The molecule has 0 aliphatic carbocycles. The normalized spacial score (nSPS) is 10.9. The van der Waals surface area contributed by atoms with E-state index in [2.05, 4.69) is 15.3 Å². The van der Waals surface area contributed by atoms with Crippen LogP contribution in [0.2, 0.25) is 0 Å². The molecule has 29 heavy (non-hydrogen) atoms. The van der Waals surface area contributed by atoms with Crippen LogP contribution in [0.1, 0.15) is 22.6 Å². The highest BCUT2D eigenvalue weighted by molar-refractivity contribution is 5.93. The zero-order valence-corrected chi connectivity index (χ0v) is 16.1. The Balaban J connectivity index is 1.47. The van der Waals surface area contributed by atoms with Gasteiger partial charge in [0.25, 0.3) is 11.5 Å². The minimum atomic E-state index is -0.453. The number of H-pyrrole nitrogens is 1. The van der Waals surface area contributed by atoms with Gasteiger partial charge in [-0.15, -0.1) is 0 Å². The van der Waals surface area contributed by atoms with Crippen LogP contribution >= 0.6 is 0 Å². The Kier molecular flexibility index (Phi) is 6.52. The van der Waals surface area contributed by atoms with Gasteiger partial charge < -0.3 is 15.2 Å². The number of carbonyl (C=O) groups is 2. The molecule has 1 heterocycles. The van der Waals surface area contributed by atoms with Crippen LogP contribution in [-0.4, -0.2) is 46.8 Å². The number of hydrogen-bond donors (Lipinski definition) is 2. The Morgan fingerprint density at radius 2 is 1.83 bits per heavy atom. The van der Waals surface area contributed by atoms with Gasteiger partial charge in [0, 0.05) is 26.2 Å². The van der Waals surface area contributed by atoms with Crippen molar-refractivity contribution in [3.8, 4) is 0 Å². The van der Waals surface area contributed by atoms with Crippen molar-refractivity contribution in [2.45, 2.75) is 6.42 Å². The van der Waals surface area contributed by atoms with Crippen molar-refractivity contribution < 1.29 is 9.59 Å². The number of fused-ring (bicyclic) bond motifs is 1. The zero-order chi connectivity index (χ0) is 20.6. The third-order valence-corrected chi connectivity index (χ3v) is 4.38. The second kappa shape index (κ2) is 9.45. The summed E-state index contributed by atoms with van der Waals surface area (Å²) in [6.45, 7) is 0.843. The first-order valence-electron chi connectivity index (χ1n) is 9.30. The van der Waals surface area contributed by atoms with Gasteiger partial charge in [-0.25, -0.2) is 4.98 Å². The average molecular weight is 390 g/mol. The van der Waals surface area contributed by atoms with E-state index in [4.69, 9.17) is 0 Å². The fourth-order valence-corrected chi connectivity index (χ4v) is 2.76. The quantitative estimate of drug-likeness (QED) is 0.478. The number of benzene rings is 2. The Morgan fingerprint density at radius 3 is 2.62 bits per heavy atom. The molecular weight excluding hydrogens is 368 g/mol. The van der Waals surface area contributed by atoms with E-state index in [1.54, 1.807) is 42.3 Å². The van der Waals surface area contributed by atoms with E-state index in [0.29, 0.717) is 30.4 Å². The lowest BCUT2D eigenvalue weighted by Gasteiger charge is -2.15. The van der Waals surface area contributed by atoms with Gasteiger partial charge in [-0.3, -0.25) is 14.4 Å². The second-order valence-electron chi connectivity index (χ2n) is 6.54. The Bertz CT molecular complexity index is 1090. The van der Waals surface area contributed by atoms with Crippen LogP contribution in [0.5, 0.6) is 0 Å². The summed E-state index contributed by atoms with van der Waals surface area (Å²) >= 11 is 0. The van der Waals surface area contributed by atoms with Crippen LogP contribution in [0, 0.1) is 0 Å². The Hall–Kier alpha value is -3.74. The molecule has 2 N–H and O–H groups in total. The first-order chi connectivity index (χ1) is 14.0. The minimum Gasteiger partial charge on any atom is -0.349 e. The Morgan fingerprint density at radius 1 is 1.10 bits per heavy atom. The van der Waals surface area contributed by atoms with Gasteiger partial charge in [-0.05, 0) is 30.2 Å². The van der Waals surface area contributed by atoms with Crippen molar-refractivity contribution in [2.24, 2.45) is 0 Å². The molecule has 0 saturated carbocycles. The van der Waals surface area contributed by atoms with Crippen LogP contribution in [0.25, 0.3) is 17.0 Å². The number of nitrogens with one attached hydrogen (secondary N) is 2. The molecule has 0 aliphatic rings. The second-order valence-corrected chi connectivity index (χ2v) is 6.54. The maximum Gasteiger partial charge on any atom is 0.287 e. The molecule has 0 aliphatic heterocycles. The minimum absolute atomic E-state index is 0.0241. The summed E-state index contributed by atoms with van der Waals surface area (Å²) in [7, 11) is 1.71. The number of likely N-dealkylation sites (N-methyl/N-ethyl adjacent to an activating group) is 1. The summed E-state index contributed by atoms with van der Waals surface area (Å²) < 4.78 is 0. The summed E-state index contributed by atoms with van der Waals surface area (Å²) in [6.07, 6.45) is 3.87. The first-order valence-corrected chi connectivity index (χ1v) is 9.30. The third-order valence-electron chi connectivity index (χ3n) is 4.38. The van der Waals surface area contributed by atoms with Crippen LogP contribution in [0.15, 0.2) is 65.5 Å². The molecule has 2 aromatic carbocycles. The maximum atomic E-state index is 12.2. The third kappa shape index (κ3) is 5.38. The molecular formula is C22H22N4O3. The molecule has 0 fully saturated rings. The number of carbonyl (C=O) groups excluding carboxylic acids is 2. The predicted octanol–water partition coefficient (Wildman–Crippen LogP) is 2.21. The van der Waals surface area contributed by atoms with Crippen LogP contribution in [0.3, 0.4) is 0 Å². The van der Waals surface area contributed by atoms with E-state index in [1.165, 1.54) is 6.08 Å². The summed E-state index contributed by atoms with van der Waals surface area (Å²) in [6, 6.07) is 16.4. The molecule has 2 amide bonds. The van der Waals surface area contributed by atoms with Gasteiger partial charge in [-0.2, -0.15) is 0 Å². The van der Waals surface area contributed by atoms with Gasteiger partial charge in [0.05, 0.1) is 10.9 Å². The van der Waals surface area contributed by atoms with E-state index in [0.717, 1.165) is 5.56 Å². The van der Waals surface area contributed by atoms with Crippen LogP contribution in [0.4, 0.5) is 0 Å². The fraction of sp³-hybridized carbons (Fsp3) is 0.182. The summed E-state index contributed by atoms with van der Waals surface area (Å²) in [5.74, 6) is -0.588. The standard InChI is InChI=1S/C22H22N4O3/c1-26(19(27)13-12-16-8-3-2-4-9-16)15-7-14-23-22(29)20-24-18-11-6-5-10-17(18)21(28)25-20/h2-6,8-13H,7,14-15H2,1H3,(H,23,29)(H,24,25,28). The molecule has 3 aromatic rings. The molecule has 0 radical (unpaired) electrons. The van der Waals surface area contributed by atoms with E-state index in [9.17, 15) is 14.4 Å². The lowest BCUT2D eigenvalue weighted by Crippen LogP contribution is -2.32. The lowest BCUT2D eigenvalue weighted by atomic mass is 10.2. The number of aromatic amines is 1. The molecule has 7 nitrogen and oxygen atoms in total. The smallest absolute Gasteiger partial charge is 0.287 e. The molecule has 0 unspecified atom stereocenters. The molecule has 148 valence electrons. The largest absolute Gasteiger partial charge is 0.349 e. The highest BCUT2D eigenvalue weighted by Gasteiger charge is 2.11. The van der Waals surface area contributed by atoms with E-state index >= 15 is 0 Å². The number of para-hydroxylation sites is 1. The number of rotatable bonds is 7. The van der Waals surface area contributed by atoms with E-state index in [-0.39, 0.29) is 17.3 Å². The molecule has 3 rings (SSSR count). The lowest BCUT2D eigenvalue weighted by molar-refractivity contribution is -0.124. The van der Waals surface area contributed by atoms with Crippen LogP contribution in [-0.2, 0) is 4.79 Å². The molecule has 0 bridgehead atoms. The fourth-order valence-electron chi connectivity index (χ4n) is 2.76. The molecule has 1 aromatic heterocycles. The molecule has 0 spiro atoms. The highest BCUT2D eigenvalue weighted by Crippen LogP contribution is 2.05. The van der Waals surface area contributed by atoms with E-state index in [1.807, 2.05) is 30.3 Å².